The summed E-state index contributed by atoms with van der Waals surface area (Å²) in [4.78, 5) is 17.5. The van der Waals surface area contributed by atoms with Crippen LogP contribution in [0.25, 0.3) is 22.5 Å². The number of aromatic nitrogens is 3. The smallest absolute Gasteiger partial charge is 0.256 e. The van der Waals surface area contributed by atoms with Gasteiger partial charge in [-0.3, -0.25) is 9.48 Å². The van der Waals surface area contributed by atoms with Crippen LogP contribution in [-0.4, -0.2) is 20.7 Å². The molecule has 4 aromatic rings. The molecule has 0 saturated heterocycles. The van der Waals surface area contributed by atoms with Crippen LogP contribution in [0.4, 0.5) is 10.1 Å². The second-order valence-corrected chi connectivity index (χ2v) is 6.43. The van der Waals surface area contributed by atoms with Gasteiger partial charge in [0.1, 0.15) is 11.5 Å². The van der Waals surface area contributed by atoms with Crippen LogP contribution in [0.1, 0.15) is 16.1 Å². The molecule has 0 atom stereocenters. The number of pyridine rings is 1. The number of nitrogens with one attached hydrogen (secondary N) is 1. The maximum atomic E-state index is 13.4. The van der Waals surface area contributed by atoms with E-state index in [-0.39, 0.29) is 10.9 Å². The van der Waals surface area contributed by atoms with Crippen LogP contribution in [0, 0.1) is 12.7 Å². The molecular formula is C19H14ClFN4O2. The molecule has 0 saturated carbocycles. The number of carbonyl (C=O) groups is 1. The van der Waals surface area contributed by atoms with Crippen molar-refractivity contribution in [3.05, 3.63) is 64.8 Å². The third-order valence-corrected chi connectivity index (χ3v) is 4.45. The Morgan fingerprint density at radius 3 is 2.81 bits per heavy atom. The molecule has 8 heteroatoms. The molecule has 1 aromatic carbocycles. The van der Waals surface area contributed by atoms with Gasteiger partial charge in [0, 0.05) is 12.7 Å². The molecule has 3 heterocycles. The van der Waals surface area contributed by atoms with Crippen molar-refractivity contribution in [2.24, 2.45) is 7.05 Å². The van der Waals surface area contributed by atoms with Gasteiger partial charge >= 0.3 is 0 Å². The molecule has 6 nitrogen and oxygen atoms in total. The minimum atomic E-state index is -0.552. The Labute approximate surface area is 158 Å². The van der Waals surface area contributed by atoms with Crippen molar-refractivity contribution in [3.63, 3.8) is 0 Å². The fraction of sp³-hybridized carbons (Fsp3) is 0.105. The number of anilines is 1. The number of amides is 1. The highest BCUT2D eigenvalue weighted by Gasteiger charge is 2.20. The Balaban J connectivity index is 1.83. The van der Waals surface area contributed by atoms with Crippen molar-refractivity contribution in [1.29, 1.82) is 0 Å². The standard InChI is InChI=1S/C19H14ClFN4O2/c1-10-17-12(19(26)22-11-5-6-14(21)13(20)8-11)9-15(16-4-3-7-27-16)23-18(17)25(2)24-10/h3-9H,1-2H3,(H,22,26). The highest BCUT2D eigenvalue weighted by atomic mass is 35.5. The molecule has 1 amide bonds. The number of carbonyl (C=O) groups excluding carboxylic acids is 1. The van der Waals surface area contributed by atoms with Crippen molar-refractivity contribution in [1.82, 2.24) is 14.8 Å². The van der Waals surface area contributed by atoms with Gasteiger partial charge < -0.3 is 9.73 Å². The number of benzene rings is 1. The number of aryl methyl sites for hydroxylation is 2. The summed E-state index contributed by atoms with van der Waals surface area (Å²) in [6.07, 6.45) is 1.54. The van der Waals surface area contributed by atoms with E-state index in [1.54, 1.807) is 29.9 Å². The summed E-state index contributed by atoms with van der Waals surface area (Å²) in [7, 11) is 1.76. The van der Waals surface area contributed by atoms with Crippen molar-refractivity contribution in [3.8, 4) is 11.5 Å². The van der Waals surface area contributed by atoms with E-state index in [0.717, 1.165) is 0 Å². The number of rotatable bonds is 3. The molecule has 3 aromatic heterocycles. The Morgan fingerprint density at radius 1 is 1.30 bits per heavy atom. The second kappa shape index (κ2) is 6.51. The van der Waals surface area contributed by atoms with Gasteiger partial charge in [0.15, 0.2) is 11.4 Å². The van der Waals surface area contributed by atoms with Gasteiger partial charge in [-0.25, -0.2) is 9.37 Å². The summed E-state index contributed by atoms with van der Waals surface area (Å²) in [6.45, 7) is 1.81. The Hall–Kier alpha value is -3.19. The van der Waals surface area contributed by atoms with Gasteiger partial charge in [-0.1, -0.05) is 11.6 Å². The van der Waals surface area contributed by atoms with Crippen LogP contribution in [0.2, 0.25) is 5.02 Å². The lowest BCUT2D eigenvalue weighted by Gasteiger charge is -2.09. The first-order chi connectivity index (χ1) is 12.9. The molecule has 0 spiro atoms. The molecule has 0 aliphatic rings. The number of halogens is 2. The normalized spacial score (nSPS) is 11.1. The number of fused-ring (bicyclic) bond motifs is 1. The second-order valence-electron chi connectivity index (χ2n) is 6.02. The topological polar surface area (TPSA) is 73.0 Å². The molecule has 0 radical (unpaired) electrons. The van der Waals surface area contributed by atoms with Crippen LogP contribution in [0.5, 0.6) is 0 Å². The summed E-state index contributed by atoms with van der Waals surface area (Å²) in [5.41, 5.74) is 2.52. The van der Waals surface area contributed by atoms with Gasteiger partial charge in [0.2, 0.25) is 0 Å². The Kier molecular flexibility index (Phi) is 4.16. The van der Waals surface area contributed by atoms with Gasteiger partial charge in [0.25, 0.3) is 5.91 Å². The van der Waals surface area contributed by atoms with Gasteiger partial charge in [-0.15, -0.1) is 0 Å². The fourth-order valence-electron chi connectivity index (χ4n) is 2.95. The molecule has 0 aliphatic heterocycles. The van der Waals surface area contributed by atoms with Crippen LogP contribution in [0.3, 0.4) is 0 Å². The minimum absolute atomic E-state index is 0.0680. The third kappa shape index (κ3) is 3.06. The number of hydrogen-bond acceptors (Lipinski definition) is 4. The van der Waals surface area contributed by atoms with Crippen molar-refractivity contribution in [2.45, 2.75) is 6.92 Å². The van der Waals surface area contributed by atoms with E-state index in [1.807, 2.05) is 6.92 Å². The van der Waals surface area contributed by atoms with Crippen molar-refractivity contribution >= 4 is 34.2 Å². The maximum Gasteiger partial charge on any atom is 0.256 e. The predicted molar refractivity (Wildman–Crippen MR) is 100 cm³/mol. The molecule has 0 aliphatic carbocycles. The third-order valence-electron chi connectivity index (χ3n) is 4.16. The first kappa shape index (κ1) is 17.2. The fourth-order valence-corrected chi connectivity index (χ4v) is 3.13. The van der Waals surface area contributed by atoms with Crippen LogP contribution in [0.15, 0.2) is 47.1 Å². The molecule has 0 fully saturated rings. The predicted octanol–water partition coefficient (Wildman–Crippen LogP) is 4.58. The number of nitrogens with zero attached hydrogens (tertiary/aromatic N) is 3. The van der Waals surface area contributed by atoms with E-state index in [4.69, 9.17) is 16.0 Å². The van der Waals surface area contributed by atoms with Crippen molar-refractivity contribution in [2.75, 3.05) is 5.32 Å². The average Bonchev–Trinajstić information content (AvgIpc) is 3.26. The summed E-state index contributed by atoms with van der Waals surface area (Å²) in [5, 5.41) is 7.67. The van der Waals surface area contributed by atoms with E-state index in [9.17, 15) is 9.18 Å². The summed E-state index contributed by atoms with van der Waals surface area (Å²) >= 11 is 5.80. The Morgan fingerprint density at radius 2 is 2.11 bits per heavy atom. The lowest BCUT2D eigenvalue weighted by atomic mass is 10.1. The van der Waals surface area contributed by atoms with Crippen LogP contribution < -0.4 is 5.32 Å². The van der Waals surface area contributed by atoms with E-state index < -0.39 is 5.82 Å². The van der Waals surface area contributed by atoms with Gasteiger partial charge in [-0.2, -0.15) is 5.10 Å². The highest BCUT2D eigenvalue weighted by Crippen LogP contribution is 2.28. The molecule has 0 bridgehead atoms. The van der Waals surface area contributed by atoms with Crippen LogP contribution in [-0.2, 0) is 7.05 Å². The zero-order valence-corrected chi connectivity index (χ0v) is 15.2. The van der Waals surface area contributed by atoms with E-state index >= 15 is 0 Å². The largest absolute Gasteiger partial charge is 0.463 e. The first-order valence-electron chi connectivity index (χ1n) is 8.08. The minimum Gasteiger partial charge on any atom is -0.463 e. The number of hydrogen-bond donors (Lipinski definition) is 1. The first-order valence-corrected chi connectivity index (χ1v) is 8.46. The monoisotopic (exact) mass is 384 g/mol. The molecule has 27 heavy (non-hydrogen) atoms. The Bertz CT molecular complexity index is 1170. The molecule has 136 valence electrons. The van der Waals surface area contributed by atoms with E-state index in [1.165, 1.54) is 24.5 Å². The van der Waals surface area contributed by atoms with Gasteiger partial charge in [-0.05, 0) is 43.3 Å². The average molecular weight is 385 g/mol. The van der Waals surface area contributed by atoms with E-state index in [2.05, 4.69) is 15.4 Å². The summed E-state index contributed by atoms with van der Waals surface area (Å²) < 4.78 is 20.4. The summed E-state index contributed by atoms with van der Waals surface area (Å²) in [6, 6.07) is 9.16. The van der Waals surface area contributed by atoms with E-state index in [0.29, 0.717) is 39.4 Å². The zero-order chi connectivity index (χ0) is 19.1. The lowest BCUT2D eigenvalue weighted by Crippen LogP contribution is -2.13. The maximum absolute atomic E-state index is 13.4. The van der Waals surface area contributed by atoms with Gasteiger partial charge in [0.05, 0.1) is 27.9 Å². The van der Waals surface area contributed by atoms with Crippen molar-refractivity contribution < 1.29 is 13.6 Å². The quantitative estimate of drug-likeness (QED) is 0.561. The molecule has 0 unspecified atom stereocenters. The highest BCUT2D eigenvalue weighted by molar-refractivity contribution is 6.31. The molecular weight excluding hydrogens is 371 g/mol. The zero-order valence-electron chi connectivity index (χ0n) is 14.5. The molecule has 1 N–H and O–H groups in total. The molecule has 4 rings (SSSR count). The summed E-state index contributed by atoms with van der Waals surface area (Å²) in [5.74, 6) is -0.396. The van der Waals surface area contributed by atoms with Crippen LogP contribution >= 0.6 is 11.6 Å². The number of furan rings is 1. The SMILES string of the molecule is Cc1nn(C)c2nc(-c3ccco3)cc(C(=O)Nc3ccc(F)c(Cl)c3)c12. The lowest BCUT2D eigenvalue weighted by molar-refractivity contribution is 0.102.